The molecule has 0 aromatic heterocycles. The van der Waals surface area contributed by atoms with E-state index >= 15 is 0 Å². The van der Waals surface area contributed by atoms with Gasteiger partial charge in [0.2, 0.25) is 0 Å². The lowest BCUT2D eigenvalue weighted by atomic mass is 9.85. The SMILES string of the molecule is CCC1CCCC(Oc2ccc(OC)cc2CO)C1. The van der Waals surface area contributed by atoms with Gasteiger partial charge in [-0.1, -0.05) is 19.8 Å². The van der Waals surface area contributed by atoms with Crippen LogP contribution in [0.25, 0.3) is 0 Å². The average Bonchev–Trinajstić information content (AvgIpc) is 2.48. The van der Waals surface area contributed by atoms with Gasteiger partial charge < -0.3 is 14.6 Å². The monoisotopic (exact) mass is 264 g/mol. The molecule has 2 unspecified atom stereocenters. The van der Waals surface area contributed by atoms with Crippen molar-refractivity contribution in [3.05, 3.63) is 23.8 Å². The van der Waals surface area contributed by atoms with Crippen molar-refractivity contribution in [2.75, 3.05) is 7.11 Å². The summed E-state index contributed by atoms with van der Waals surface area (Å²) >= 11 is 0. The minimum Gasteiger partial charge on any atom is -0.497 e. The fourth-order valence-corrected chi connectivity index (χ4v) is 2.82. The van der Waals surface area contributed by atoms with Gasteiger partial charge in [-0.15, -0.1) is 0 Å². The summed E-state index contributed by atoms with van der Waals surface area (Å²) in [7, 11) is 1.63. The van der Waals surface area contributed by atoms with Gasteiger partial charge in [0.25, 0.3) is 0 Å². The number of benzene rings is 1. The zero-order chi connectivity index (χ0) is 13.7. The highest BCUT2D eigenvalue weighted by Crippen LogP contribution is 2.32. The third kappa shape index (κ3) is 3.63. The second-order valence-electron chi connectivity index (χ2n) is 5.31. The van der Waals surface area contributed by atoms with Gasteiger partial charge >= 0.3 is 0 Å². The Morgan fingerprint density at radius 3 is 2.84 bits per heavy atom. The Bertz CT molecular complexity index is 403. The van der Waals surface area contributed by atoms with Crippen LogP contribution >= 0.6 is 0 Å². The zero-order valence-corrected chi connectivity index (χ0v) is 11.9. The lowest BCUT2D eigenvalue weighted by Gasteiger charge is -2.29. The molecule has 3 heteroatoms. The van der Waals surface area contributed by atoms with Crippen molar-refractivity contribution in [2.24, 2.45) is 5.92 Å². The summed E-state index contributed by atoms with van der Waals surface area (Å²) in [5, 5.41) is 9.43. The topological polar surface area (TPSA) is 38.7 Å². The van der Waals surface area contributed by atoms with Crippen LogP contribution in [0.2, 0.25) is 0 Å². The highest BCUT2D eigenvalue weighted by atomic mass is 16.5. The van der Waals surface area contributed by atoms with Gasteiger partial charge in [0, 0.05) is 5.56 Å². The standard InChI is InChI=1S/C16H24O3/c1-3-12-5-4-6-15(9-12)19-16-8-7-14(18-2)10-13(16)11-17/h7-8,10,12,15,17H,3-6,9,11H2,1-2H3. The van der Waals surface area contributed by atoms with Gasteiger partial charge in [0.1, 0.15) is 11.5 Å². The molecule has 19 heavy (non-hydrogen) atoms. The molecule has 1 aromatic rings. The Morgan fingerprint density at radius 2 is 2.16 bits per heavy atom. The van der Waals surface area contributed by atoms with Crippen LogP contribution in [-0.2, 0) is 6.61 Å². The van der Waals surface area contributed by atoms with Crippen LogP contribution in [0, 0.1) is 5.92 Å². The number of rotatable bonds is 5. The van der Waals surface area contributed by atoms with Crippen molar-refractivity contribution in [1.29, 1.82) is 0 Å². The number of hydrogen-bond acceptors (Lipinski definition) is 3. The smallest absolute Gasteiger partial charge is 0.125 e. The maximum Gasteiger partial charge on any atom is 0.125 e. The largest absolute Gasteiger partial charge is 0.497 e. The first-order chi connectivity index (χ1) is 9.26. The Kier molecular flexibility index (Phi) is 5.08. The summed E-state index contributed by atoms with van der Waals surface area (Å²) in [6, 6.07) is 5.63. The van der Waals surface area contributed by atoms with Crippen LogP contribution in [0.15, 0.2) is 18.2 Å². The van der Waals surface area contributed by atoms with Crippen molar-refractivity contribution >= 4 is 0 Å². The molecule has 1 aliphatic carbocycles. The van der Waals surface area contributed by atoms with Crippen LogP contribution in [0.3, 0.4) is 0 Å². The van der Waals surface area contributed by atoms with E-state index in [0.29, 0.717) is 0 Å². The van der Waals surface area contributed by atoms with E-state index in [-0.39, 0.29) is 12.7 Å². The highest BCUT2D eigenvalue weighted by molar-refractivity contribution is 5.40. The van der Waals surface area contributed by atoms with E-state index in [0.717, 1.165) is 35.8 Å². The molecule has 3 nitrogen and oxygen atoms in total. The Morgan fingerprint density at radius 1 is 1.32 bits per heavy atom. The van der Waals surface area contributed by atoms with Crippen molar-refractivity contribution in [1.82, 2.24) is 0 Å². The third-order valence-corrected chi connectivity index (χ3v) is 4.04. The summed E-state index contributed by atoms with van der Waals surface area (Å²) in [5.74, 6) is 2.34. The molecule has 0 spiro atoms. The molecule has 1 N–H and O–H groups in total. The lowest BCUT2D eigenvalue weighted by Crippen LogP contribution is -2.25. The molecule has 106 valence electrons. The molecule has 1 aromatic carbocycles. The summed E-state index contributed by atoms with van der Waals surface area (Å²) < 4.78 is 11.3. The van der Waals surface area contributed by atoms with Crippen LogP contribution < -0.4 is 9.47 Å². The van der Waals surface area contributed by atoms with Crippen LogP contribution in [-0.4, -0.2) is 18.3 Å². The molecule has 1 fully saturated rings. The van der Waals surface area contributed by atoms with Crippen molar-refractivity contribution in [3.63, 3.8) is 0 Å². The quantitative estimate of drug-likeness (QED) is 0.884. The minimum absolute atomic E-state index is 0.0174. The lowest BCUT2D eigenvalue weighted by molar-refractivity contribution is 0.118. The molecule has 0 aliphatic heterocycles. The Balaban J connectivity index is 2.05. The number of aliphatic hydroxyl groups is 1. The van der Waals surface area contributed by atoms with Gasteiger partial charge in [-0.25, -0.2) is 0 Å². The van der Waals surface area contributed by atoms with Gasteiger partial charge in [0.15, 0.2) is 0 Å². The molecule has 0 heterocycles. The average molecular weight is 264 g/mol. The summed E-state index contributed by atoms with van der Waals surface area (Å²) in [6.07, 6.45) is 6.34. The molecule has 1 aliphatic rings. The Labute approximate surface area is 115 Å². The molecule has 2 atom stereocenters. The zero-order valence-electron chi connectivity index (χ0n) is 11.9. The summed E-state index contributed by atoms with van der Waals surface area (Å²) in [6.45, 7) is 2.23. The molecule has 2 rings (SSSR count). The first-order valence-electron chi connectivity index (χ1n) is 7.21. The van der Waals surface area contributed by atoms with Crippen LogP contribution in [0.5, 0.6) is 11.5 Å². The predicted molar refractivity (Wildman–Crippen MR) is 75.6 cm³/mol. The first-order valence-corrected chi connectivity index (χ1v) is 7.21. The number of aliphatic hydroxyl groups excluding tert-OH is 1. The van der Waals surface area contributed by atoms with E-state index < -0.39 is 0 Å². The number of ether oxygens (including phenoxy) is 2. The summed E-state index contributed by atoms with van der Waals surface area (Å²) in [4.78, 5) is 0. The van der Waals surface area contributed by atoms with Gasteiger partial charge in [-0.05, 0) is 43.4 Å². The van der Waals surface area contributed by atoms with Crippen molar-refractivity contribution in [3.8, 4) is 11.5 Å². The van der Waals surface area contributed by atoms with E-state index in [2.05, 4.69) is 6.92 Å². The van der Waals surface area contributed by atoms with Gasteiger partial charge in [0.05, 0.1) is 19.8 Å². The van der Waals surface area contributed by atoms with E-state index in [9.17, 15) is 5.11 Å². The number of hydrogen-bond donors (Lipinski definition) is 1. The van der Waals surface area contributed by atoms with E-state index in [1.807, 2.05) is 18.2 Å². The maximum absolute atomic E-state index is 9.43. The normalized spacial score (nSPS) is 23.1. The van der Waals surface area contributed by atoms with Gasteiger partial charge in [-0.2, -0.15) is 0 Å². The van der Waals surface area contributed by atoms with Crippen LogP contribution in [0.1, 0.15) is 44.6 Å². The highest BCUT2D eigenvalue weighted by Gasteiger charge is 2.22. The molecule has 1 saturated carbocycles. The van der Waals surface area contributed by atoms with Crippen molar-refractivity contribution < 1.29 is 14.6 Å². The number of methoxy groups -OCH3 is 1. The fourth-order valence-electron chi connectivity index (χ4n) is 2.82. The molecular weight excluding hydrogens is 240 g/mol. The molecule has 0 bridgehead atoms. The maximum atomic E-state index is 9.43. The van der Waals surface area contributed by atoms with E-state index in [1.54, 1.807) is 7.11 Å². The van der Waals surface area contributed by atoms with Crippen LogP contribution in [0.4, 0.5) is 0 Å². The molecular formula is C16H24O3. The molecule has 0 radical (unpaired) electrons. The predicted octanol–water partition coefficient (Wildman–Crippen LogP) is 3.54. The van der Waals surface area contributed by atoms with Crippen molar-refractivity contribution in [2.45, 2.75) is 51.7 Å². The third-order valence-electron chi connectivity index (χ3n) is 4.04. The minimum atomic E-state index is -0.0174. The second kappa shape index (κ2) is 6.80. The Hall–Kier alpha value is -1.22. The molecule has 0 amide bonds. The van der Waals surface area contributed by atoms with E-state index in [1.165, 1.54) is 19.3 Å². The van der Waals surface area contributed by atoms with E-state index in [4.69, 9.17) is 9.47 Å². The summed E-state index contributed by atoms with van der Waals surface area (Å²) in [5.41, 5.74) is 0.804. The fraction of sp³-hybridized carbons (Fsp3) is 0.625. The molecule has 0 saturated heterocycles. The van der Waals surface area contributed by atoms with Gasteiger partial charge in [-0.3, -0.25) is 0 Å². The second-order valence-corrected chi connectivity index (χ2v) is 5.31. The first kappa shape index (κ1) is 14.2.